The van der Waals surface area contributed by atoms with Crippen LogP contribution >= 0.6 is 22.6 Å². The quantitative estimate of drug-likeness (QED) is 0.305. The SMILES string of the molecule is CCCOc1c(I)cc(/C=N\NC(=O)Cc2ccc(OCC)cc2)cc1OC. The van der Waals surface area contributed by atoms with Gasteiger partial charge in [0.25, 0.3) is 0 Å². The minimum atomic E-state index is -0.190. The molecule has 0 heterocycles. The lowest BCUT2D eigenvalue weighted by atomic mass is 10.1. The van der Waals surface area contributed by atoms with Crippen LogP contribution in [0.25, 0.3) is 0 Å². The number of carbonyl (C=O) groups excluding carboxylic acids is 1. The standard InChI is InChI=1S/C21H25IN2O4/c1-4-10-28-21-18(22)11-16(12-19(21)26-3)14-23-24-20(25)13-15-6-8-17(9-7-15)27-5-2/h6-9,11-12,14H,4-5,10,13H2,1-3H3,(H,24,25)/b23-14-. The van der Waals surface area contributed by atoms with Crippen LogP contribution in [0, 0.1) is 3.57 Å². The molecule has 0 aliphatic heterocycles. The number of hydrogen-bond acceptors (Lipinski definition) is 5. The van der Waals surface area contributed by atoms with Crippen molar-refractivity contribution in [3.05, 3.63) is 51.1 Å². The van der Waals surface area contributed by atoms with Crippen molar-refractivity contribution >= 4 is 34.7 Å². The lowest BCUT2D eigenvalue weighted by Crippen LogP contribution is -2.19. The normalized spacial score (nSPS) is 10.7. The second-order valence-corrected chi connectivity index (χ2v) is 7.09. The summed E-state index contributed by atoms with van der Waals surface area (Å²) in [4.78, 5) is 12.1. The number of rotatable bonds is 10. The molecule has 2 rings (SSSR count). The topological polar surface area (TPSA) is 69.2 Å². The highest BCUT2D eigenvalue weighted by atomic mass is 127. The Kier molecular flexibility index (Phi) is 9.06. The van der Waals surface area contributed by atoms with Gasteiger partial charge >= 0.3 is 0 Å². The van der Waals surface area contributed by atoms with Crippen LogP contribution in [0.2, 0.25) is 0 Å². The summed E-state index contributed by atoms with van der Waals surface area (Å²) in [7, 11) is 1.60. The van der Waals surface area contributed by atoms with Crippen molar-refractivity contribution in [2.75, 3.05) is 20.3 Å². The van der Waals surface area contributed by atoms with E-state index in [9.17, 15) is 4.79 Å². The Balaban J connectivity index is 1.95. The van der Waals surface area contributed by atoms with Gasteiger partial charge in [-0.25, -0.2) is 5.43 Å². The summed E-state index contributed by atoms with van der Waals surface area (Å²) >= 11 is 2.20. The summed E-state index contributed by atoms with van der Waals surface area (Å²) in [5.41, 5.74) is 4.25. The number of amides is 1. The average molecular weight is 496 g/mol. The molecule has 0 unspecified atom stereocenters. The van der Waals surface area contributed by atoms with E-state index in [-0.39, 0.29) is 12.3 Å². The van der Waals surface area contributed by atoms with Crippen molar-refractivity contribution in [1.29, 1.82) is 0 Å². The summed E-state index contributed by atoms with van der Waals surface area (Å²) in [6.45, 7) is 5.23. The van der Waals surface area contributed by atoms with E-state index < -0.39 is 0 Å². The Morgan fingerprint density at radius 2 is 1.93 bits per heavy atom. The van der Waals surface area contributed by atoms with Crippen molar-refractivity contribution in [2.24, 2.45) is 5.10 Å². The first-order chi connectivity index (χ1) is 13.6. The minimum Gasteiger partial charge on any atom is -0.494 e. The molecule has 28 heavy (non-hydrogen) atoms. The highest BCUT2D eigenvalue weighted by Gasteiger charge is 2.11. The predicted molar refractivity (Wildman–Crippen MR) is 119 cm³/mol. The van der Waals surface area contributed by atoms with Gasteiger partial charge in [0.15, 0.2) is 11.5 Å². The van der Waals surface area contributed by atoms with Gasteiger partial charge in [-0.05, 0) is 71.3 Å². The molecule has 6 nitrogen and oxygen atoms in total. The van der Waals surface area contributed by atoms with Gasteiger partial charge in [0, 0.05) is 0 Å². The maximum atomic E-state index is 12.1. The smallest absolute Gasteiger partial charge is 0.244 e. The molecule has 0 fully saturated rings. The van der Waals surface area contributed by atoms with Crippen molar-refractivity contribution in [1.82, 2.24) is 5.43 Å². The zero-order valence-corrected chi connectivity index (χ0v) is 18.5. The van der Waals surface area contributed by atoms with Gasteiger partial charge < -0.3 is 14.2 Å². The fourth-order valence-corrected chi connectivity index (χ4v) is 3.21. The van der Waals surface area contributed by atoms with Gasteiger partial charge in [0.1, 0.15) is 5.75 Å². The minimum absolute atomic E-state index is 0.190. The van der Waals surface area contributed by atoms with Crippen LogP contribution in [-0.4, -0.2) is 32.4 Å². The van der Waals surface area contributed by atoms with E-state index in [1.165, 1.54) is 0 Å². The third kappa shape index (κ3) is 6.70. The summed E-state index contributed by atoms with van der Waals surface area (Å²) in [6, 6.07) is 11.2. The van der Waals surface area contributed by atoms with Crippen molar-refractivity contribution in [3.63, 3.8) is 0 Å². The van der Waals surface area contributed by atoms with Gasteiger partial charge in [-0.3, -0.25) is 4.79 Å². The van der Waals surface area contributed by atoms with Crippen LogP contribution < -0.4 is 19.6 Å². The van der Waals surface area contributed by atoms with Crippen LogP contribution in [0.4, 0.5) is 0 Å². The molecule has 1 amide bonds. The fraction of sp³-hybridized carbons (Fsp3) is 0.333. The van der Waals surface area contributed by atoms with Gasteiger partial charge in [-0.2, -0.15) is 5.10 Å². The van der Waals surface area contributed by atoms with E-state index in [2.05, 4.69) is 40.0 Å². The molecule has 0 aliphatic carbocycles. The first-order valence-corrected chi connectivity index (χ1v) is 10.2. The maximum absolute atomic E-state index is 12.1. The van der Waals surface area contributed by atoms with Crippen molar-refractivity contribution in [2.45, 2.75) is 26.7 Å². The molecule has 2 aromatic carbocycles. The van der Waals surface area contributed by atoms with E-state index >= 15 is 0 Å². The van der Waals surface area contributed by atoms with Gasteiger partial charge in [-0.15, -0.1) is 0 Å². The van der Waals surface area contributed by atoms with Gasteiger partial charge in [0.2, 0.25) is 5.91 Å². The summed E-state index contributed by atoms with van der Waals surface area (Å²) in [5.74, 6) is 1.97. The van der Waals surface area contributed by atoms with Crippen molar-refractivity contribution < 1.29 is 19.0 Å². The van der Waals surface area contributed by atoms with Crippen LogP contribution in [-0.2, 0) is 11.2 Å². The average Bonchev–Trinajstić information content (AvgIpc) is 2.68. The number of benzene rings is 2. The number of methoxy groups -OCH3 is 1. The molecule has 0 radical (unpaired) electrons. The summed E-state index contributed by atoms with van der Waals surface area (Å²) < 4.78 is 17.5. The van der Waals surface area contributed by atoms with E-state index in [1.54, 1.807) is 13.3 Å². The molecule has 7 heteroatoms. The predicted octanol–water partition coefficient (Wildman–Crippen LogP) is 4.18. The number of halogens is 1. The van der Waals surface area contributed by atoms with Crippen LogP contribution in [0.3, 0.4) is 0 Å². The Labute approximate surface area is 179 Å². The summed E-state index contributed by atoms with van der Waals surface area (Å²) in [5, 5.41) is 4.04. The molecular formula is C21H25IN2O4. The Morgan fingerprint density at radius 3 is 2.57 bits per heavy atom. The largest absolute Gasteiger partial charge is 0.494 e. The Bertz CT molecular complexity index is 807. The van der Waals surface area contributed by atoms with Crippen LogP contribution in [0.1, 0.15) is 31.4 Å². The first kappa shape index (κ1) is 22.0. The van der Waals surface area contributed by atoms with Crippen molar-refractivity contribution in [3.8, 4) is 17.2 Å². The molecule has 0 saturated heterocycles. The fourth-order valence-electron chi connectivity index (χ4n) is 2.43. The van der Waals surface area contributed by atoms with E-state index in [4.69, 9.17) is 14.2 Å². The monoisotopic (exact) mass is 496 g/mol. The highest BCUT2D eigenvalue weighted by Crippen LogP contribution is 2.33. The second kappa shape index (κ2) is 11.5. The number of hydrazone groups is 1. The zero-order valence-electron chi connectivity index (χ0n) is 16.3. The molecule has 0 bridgehead atoms. The molecule has 0 aromatic heterocycles. The molecule has 2 aromatic rings. The number of nitrogens with one attached hydrogen (secondary N) is 1. The molecule has 0 atom stereocenters. The third-order valence-corrected chi connectivity index (χ3v) is 4.51. The van der Waals surface area contributed by atoms with Crippen LogP contribution in [0.5, 0.6) is 17.2 Å². The lowest BCUT2D eigenvalue weighted by molar-refractivity contribution is -0.120. The lowest BCUT2D eigenvalue weighted by Gasteiger charge is -2.12. The molecule has 0 saturated carbocycles. The number of carbonyl (C=O) groups is 1. The highest BCUT2D eigenvalue weighted by molar-refractivity contribution is 14.1. The van der Waals surface area contributed by atoms with E-state index in [0.717, 1.165) is 32.6 Å². The van der Waals surface area contributed by atoms with Gasteiger partial charge in [0.05, 0.1) is 36.5 Å². The molecule has 1 N–H and O–H groups in total. The first-order valence-electron chi connectivity index (χ1n) is 9.11. The summed E-state index contributed by atoms with van der Waals surface area (Å²) in [6.07, 6.45) is 2.75. The van der Waals surface area contributed by atoms with E-state index in [0.29, 0.717) is 19.0 Å². The number of ether oxygens (including phenoxy) is 3. The number of hydrogen-bond donors (Lipinski definition) is 1. The van der Waals surface area contributed by atoms with Crippen LogP contribution in [0.15, 0.2) is 41.5 Å². The Morgan fingerprint density at radius 1 is 1.18 bits per heavy atom. The zero-order chi connectivity index (χ0) is 20.4. The number of nitrogens with zero attached hydrogens (tertiary/aromatic N) is 1. The van der Waals surface area contributed by atoms with E-state index in [1.807, 2.05) is 43.3 Å². The second-order valence-electron chi connectivity index (χ2n) is 5.93. The third-order valence-electron chi connectivity index (χ3n) is 3.70. The molecule has 150 valence electrons. The molecule has 0 spiro atoms. The molecule has 0 aliphatic rings. The maximum Gasteiger partial charge on any atom is 0.244 e. The molecular weight excluding hydrogens is 471 g/mol. The Hall–Kier alpha value is -2.29. The van der Waals surface area contributed by atoms with Gasteiger partial charge in [-0.1, -0.05) is 19.1 Å².